The van der Waals surface area contributed by atoms with Gasteiger partial charge in [0.25, 0.3) is 0 Å². The molecule has 0 unspecified atom stereocenters. The van der Waals surface area contributed by atoms with Crippen molar-refractivity contribution in [1.29, 1.82) is 0 Å². The molecule has 1 saturated heterocycles. The van der Waals surface area contributed by atoms with Crippen LogP contribution in [0.3, 0.4) is 0 Å². The molecule has 5 heteroatoms. The molecule has 1 N–H and O–H groups in total. The fourth-order valence-electron chi connectivity index (χ4n) is 2.91. The Hall–Kier alpha value is -2.40. The molecular weight excluding hydrogens is 302 g/mol. The van der Waals surface area contributed by atoms with E-state index >= 15 is 0 Å². The average molecular weight is 325 g/mol. The van der Waals surface area contributed by atoms with E-state index in [9.17, 15) is 4.79 Å². The summed E-state index contributed by atoms with van der Waals surface area (Å²) in [6.07, 6.45) is 1.61. The number of carbonyl (C=O) groups is 1. The van der Waals surface area contributed by atoms with Crippen LogP contribution in [-0.4, -0.2) is 24.5 Å². The van der Waals surface area contributed by atoms with Crippen LogP contribution in [0.1, 0.15) is 37.1 Å². The summed E-state index contributed by atoms with van der Waals surface area (Å²) in [5.41, 5.74) is 3.12. The van der Waals surface area contributed by atoms with E-state index in [0.717, 1.165) is 24.3 Å². The Kier molecular flexibility index (Phi) is 5.11. The van der Waals surface area contributed by atoms with Gasteiger partial charge in [-0.2, -0.15) is 0 Å². The van der Waals surface area contributed by atoms with Gasteiger partial charge in [0.1, 0.15) is 0 Å². The third kappa shape index (κ3) is 3.74. The molecule has 24 heavy (non-hydrogen) atoms. The number of hydrogen-bond acceptors (Lipinski definition) is 4. The fourth-order valence-corrected chi connectivity index (χ4v) is 2.91. The third-order valence-corrected chi connectivity index (χ3v) is 4.36. The Labute approximate surface area is 142 Å². The van der Waals surface area contributed by atoms with Crippen LogP contribution in [0.25, 0.3) is 0 Å². The molecule has 126 valence electrons. The summed E-state index contributed by atoms with van der Waals surface area (Å²) >= 11 is 0. The standard InChI is InChI=1S/C19H23N3O2/c1-14(20-13-16-5-3-6-18(21-16)24-2)15-8-10-17(11-9-15)22-12-4-7-19(22)23/h3,5-6,8-11,14,20H,4,7,12-13H2,1-2H3/t14-/m0/s1. The molecule has 1 aliphatic rings. The van der Waals surface area contributed by atoms with Crippen LogP contribution < -0.4 is 15.0 Å². The van der Waals surface area contributed by atoms with Gasteiger partial charge in [0.2, 0.25) is 11.8 Å². The smallest absolute Gasteiger partial charge is 0.227 e. The summed E-state index contributed by atoms with van der Waals surface area (Å²) < 4.78 is 5.15. The monoisotopic (exact) mass is 325 g/mol. The van der Waals surface area contributed by atoms with Crippen molar-refractivity contribution in [3.05, 3.63) is 53.7 Å². The molecule has 0 aliphatic carbocycles. The minimum Gasteiger partial charge on any atom is -0.481 e. The van der Waals surface area contributed by atoms with Crippen LogP contribution in [0.15, 0.2) is 42.5 Å². The highest BCUT2D eigenvalue weighted by Gasteiger charge is 2.21. The first-order chi connectivity index (χ1) is 11.7. The maximum absolute atomic E-state index is 11.8. The SMILES string of the molecule is COc1cccc(CN[C@@H](C)c2ccc(N3CCCC3=O)cc2)n1. The van der Waals surface area contributed by atoms with Crippen molar-refractivity contribution in [3.63, 3.8) is 0 Å². The molecule has 0 radical (unpaired) electrons. The first-order valence-corrected chi connectivity index (χ1v) is 8.31. The summed E-state index contributed by atoms with van der Waals surface area (Å²) in [5, 5.41) is 3.47. The molecule has 1 atom stereocenters. The first kappa shape index (κ1) is 16.5. The van der Waals surface area contributed by atoms with Crippen LogP contribution >= 0.6 is 0 Å². The minimum atomic E-state index is 0.196. The van der Waals surface area contributed by atoms with E-state index in [1.165, 1.54) is 5.56 Å². The van der Waals surface area contributed by atoms with Crippen LogP contribution in [0, 0.1) is 0 Å². The Balaban J connectivity index is 1.60. The van der Waals surface area contributed by atoms with E-state index in [1.54, 1.807) is 7.11 Å². The van der Waals surface area contributed by atoms with E-state index in [0.29, 0.717) is 18.8 Å². The summed E-state index contributed by atoms with van der Waals surface area (Å²) in [6, 6.07) is 14.2. The number of nitrogens with one attached hydrogen (secondary N) is 1. The van der Waals surface area contributed by atoms with Crippen molar-refractivity contribution in [2.45, 2.75) is 32.4 Å². The molecule has 1 aliphatic heterocycles. The lowest BCUT2D eigenvalue weighted by Gasteiger charge is -2.18. The normalized spacial score (nSPS) is 15.6. The third-order valence-electron chi connectivity index (χ3n) is 4.36. The van der Waals surface area contributed by atoms with Crippen molar-refractivity contribution in [2.75, 3.05) is 18.6 Å². The molecule has 0 bridgehead atoms. The first-order valence-electron chi connectivity index (χ1n) is 8.31. The lowest BCUT2D eigenvalue weighted by atomic mass is 10.1. The molecule has 5 nitrogen and oxygen atoms in total. The van der Waals surface area contributed by atoms with Gasteiger partial charge in [-0.3, -0.25) is 4.79 Å². The van der Waals surface area contributed by atoms with E-state index in [1.807, 2.05) is 35.2 Å². The quantitative estimate of drug-likeness (QED) is 0.887. The molecular formula is C19H23N3O2. The van der Waals surface area contributed by atoms with Gasteiger partial charge in [-0.1, -0.05) is 18.2 Å². The minimum absolute atomic E-state index is 0.196. The highest BCUT2D eigenvalue weighted by Crippen LogP contribution is 2.23. The molecule has 1 aromatic carbocycles. The molecule has 2 heterocycles. The molecule has 0 spiro atoms. The predicted octanol–water partition coefficient (Wildman–Crippen LogP) is 3.07. The number of rotatable bonds is 6. The van der Waals surface area contributed by atoms with E-state index < -0.39 is 0 Å². The maximum atomic E-state index is 11.8. The molecule has 1 fully saturated rings. The van der Waals surface area contributed by atoms with Crippen LogP contribution in [0.4, 0.5) is 5.69 Å². The summed E-state index contributed by atoms with van der Waals surface area (Å²) in [7, 11) is 1.62. The number of methoxy groups -OCH3 is 1. The Morgan fingerprint density at radius 2 is 2.04 bits per heavy atom. The largest absolute Gasteiger partial charge is 0.481 e. The van der Waals surface area contributed by atoms with Gasteiger partial charge in [0, 0.05) is 37.3 Å². The highest BCUT2D eigenvalue weighted by atomic mass is 16.5. The topological polar surface area (TPSA) is 54.5 Å². The highest BCUT2D eigenvalue weighted by molar-refractivity contribution is 5.95. The van der Waals surface area contributed by atoms with Gasteiger partial charge in [-0.15, -0.1) is 0 Å². The number of amides is 1. The van der Waals surface area contributed by atoms with Crippen molar-refractivity contribution >= 4 is 11.6 Å². The fraction of sp³-hybridized carbons (Fsp3) is 0.368. The zero-order valence-electron chi connectivity index (χ0n) is 14.2. The Morgan fingerprint density at radius 3 is 2.71 bits per heavy atom. The van der Waals surface area contributed by atoms with Crippen LogP contribution in [-0.2, 0) is 11.3 Å². The molecule has 1 amide bonds. The van der Waals surface area contributed by atoms with Crippen molar-refractivity contribution < 1.29 is 9.53 Å². The number of anilines is 1. The average Bonchev–Trinajstić information content (AvgIpc) is 3.06. The number of benzene rings is 1. The predicted molar refractivity (Wildman–Crippen MR) is 94.1 cm³/mol. The number of nitrogens with zero attached hydrogens (tertiary/aromatic N) is 2. The van der Waals surface area contributed by atoms with Crippen molar-refractivity contribution in [2.24, 2.45) is 0 Å². The zero-order chi connectivity index (χ0) is 16.9. The molecule has 2 aromatic rings. The van der Waals surface area contributed by atoms with Crippen molar-refractivity contribution in [1.82, 2.24) is 10.3 Å². The van der Waals surface area contributed by atoms with Gasteiger partial charge in [-0.05, 0) is 37.1 Å². The van der Waals surface area contributed by atoms with Crippen LogP contribution in [0.5, 0.6) is 5.88 Å². The number of carbonyl (C=O) groups excluding carboxylic acids is 1. The second-order valence-corrected chi connectivity index (χ2v) is 6.01. The summed E-state index contributed by atoms with van der Waals surface area (Å²) in [4.78, 5) is 18.1. The summed E-state index contributed by atoms with van der Waals surface area (Å²) in [5.74, 6) is 0.847. The lowest BCUT2D eigenvalue weighted by molar-refractivity contribution is -0.117. The Bertz CT molecular complexity index is 700. The van der Waals surface area contributed by atoms with Gasteiger partial charge in [-0.25, -0.2) is 4.98 Å². The van der Waals surface area contributed by atoms with Gasteiger partial charge in [0.15, 0.2) is 0 Å². The second-order valence-electron chi connectivity index (χ2n) is 6.01. The van der Waals surface area contributed by atoms with Gasteiger partial charge < -0.3 is 15.0 Å². The Morgan fingerprint density at radius 1 is 1.25 bits per heavy atom. The number of pyridine rings is 1. The molecule has 3 rings (SSSR count). The van der Waals surface area contributed by atoms with E-state index in [2.05, 4.69) is 29.4 Å². The lowest BCUT2D eigenvalue weighted by Crippen LogP contribution is -2.23. The van der Waals surface area contributed by atoms with E-state index in [4.69, 9.17) is 4.74 Å². The second kappa shape index (κ2) is 7.45. The molecule has 0 saturated carbocycles. The number of hydrogen-bond donors (Lipinski definition) is 1. The van der Waals surface area contributed by atoms with Crippen LogP contribution in [0.2, 0.25) is 0 Å². The van der Waals surface area contributed by atoms with Gasteiger partial charge >= 0.3 is 0 Å². The number of ether oxygens (including phenoxy) is 1. The van der Waals surface area contributed by atoms with Gasteiger partial charge in [0.05, 0.1) is 12.8 Å². The number of aromatic nitrogens is 1. The zero-order valence-corrected chi connectivity index (χ0v) is 14.2. The van der Waals surface area contributed by atoms with Crippen molar-refractivity contribution in [3.8, 4) is 5.88 Å². The summed E-state index contributed by atoms with van der Waals surface area (Å²) in [6.45, 7) is 3.62. The van der Waals surface area contributed by atoms with E-state index in [-0.39, 0.29) is 11.9 Å². The molecule has 1 aromatic heterocycles. The maximum Gasteiger partial charge on any atom is 0.227 e.